The van der Waals surface area contributed by atoms with E-state index in [1.807, 2.05) is 24.8 Å². The molecule has 0 spiro atoms. The summed E-state index contributed by atoms with van der Waals surface area (Å²) in [6, 6.07) is 1.98. The van der Waals surface area contributed by atoms with Crippen LogP contribution in [0, 0.1) is 6.92 Å². The molecule has 0 atom stereocenters. The zero-order valence-electron chi connectivity index (χ0n) is 9.00. The van der Waals surface area contributed by atoms with Gasteiger partial charge >= 0.3 is 0 Å². The smallest absolute Gasteiger partial charge is 0.140 e. The summed E-state index contributed by atoms with van der Waals surface area (Å²) in [7, 11) is 0. The molecule has 14 heavy (non-hydrogen) atoms. The topological polar surface area (TPSA) is 37.8 Å². The first-order valence-corrected chi connectivity index (χ1v) is 6.08. The largest absolute Gasteiger partial charge is 0.370 e. The average molecular weight is 211 g/mol. The Bertz CT molecular complexity index is 289. The van der Waals surface area contributed by atoms with E-state index < -0.39 is 0 Å². The molecule has 0 saturated carbocycles. The molecule has 1 N–H and O–H groups in total. The third kappa shape index (κ3) is 3.54. The highest BCUT2D eigenvalue weighted by Crippen LogP contribution is 2.11. The summed E-state index contributed by atoms with van der Waals surface area (Å²) in [5, 5.41) is 3.20. The van der Waals surface area contributed by atoms with E-state index in [0.717, 1.165) is 35.4 Å². The highest BCUT2D eigenvalue weighted by atomic mass is 32.2. The van der Waals surface area contributed by atoms with Gasteiger partial charge in [0.2, 0.25) is 0 Å². The van der Waals surface area contributed by atoms with Crippen molar-refractivity contribution in [1.29, 1.82) is 0 Å². The van der Waals surface area contributed by atoms with Gasteiger partial charge in [0, 0.05) is 18.3 Å². The predicted molar refractivity (Wildman–Crippen MR) is 62.8 cm³/mol. The molecular weight excluding hydrogens is 194 g/mol. The lowest BCUT2D eigenvalue weighted by atomic mass is 10.4. The standard InChI is InChI=1S/C10H17N3S/c1-4-11-9-6-8(3)12-10(13-9)7-14-5-2/h6H,4-5,7H2,1-3H3,(H,11,12,13). The second kappa shape index (κ2) is 5.86. The fourth-order valence-corrected chi connectivity index (χ4v) is 1.68. The van der Waals surface area contributed by atoms with Crippen LogP contribution in [0.3, 0.4) is 0 Å². The molecule has 0 radical (unpaired) electrons. The summed E-state index contributed by atoms with van der Waals surface area (Å²) in [6.07, 6.45) is 0. The van der Waals surface area contributed by atoms with E-state index in [-0.39, 0.29) is 0 Å². The van der Waals surface area contributed by atoms with Crippen LogP contribution in [-0.4, -0.2) is 22.3 Å². The number of hydrogen-bond donors (Lipinski definition) is 1. The Morgan fingerprint density at radius 3 is 2.79 bits per heavy atom. The van der Waals surface area contributed by atoms with Crippen molar-refractivity contribution in [2.45, 2.75) is 26.5 Å². The van der Waals surface area contributed by atoms with Crippen molar-refractivity contribution in [3.63, 3.8) is 0 Å². The number of hydrogen-bond acceptors (Lipinski definition) is 4. The Hall–Kier alpha value is -0.770. The lowest BCUT2D eigenvalue weighted by Crippen LogP contribution is -2.04. The van der Waals surface area contributed by atoms with Gasteiger partial charge in [0.15, 0.2) is 0 Å². The molecule has 4 heteroatoms. The third-order valence-electron chi connectivity index (χ3n) is 1.69. The van der Waals surface area contributed by atoms with E-state index in [1.165, 1.54) is 0 Å². The molecule has 0 saturated heterocycles. The molecular formula is C10H17N3S. The molecule has 1 rings (SSSR count). The van der Waals surface area contributed by atoms with Gasteiger partial charge in [0.1, 0.15) is 11.6 Å². The van der Waals surface area contributed by atoms with E-state index in [9.17, 15) is 0 Å². The Labute approximate surface area is 89.7 Å². The van der Waals surface area contributed by atoms with E-state index in [2.05, 4.69) is 29.1 Å². The molecule has 0 aromatic carbocycles. The van der Waals surface area contributed by atoms with Crippen molar-refractivity contribution in [2.75, 3.05) is 17.6 Å². The van der Waals surface area contributed by atoms with Gasteiger partial charge in [-0.1, -0.05) is 6.92 Å². The zero-order chi connectivity index (χ0) is 10.4. The maximum Gasteiger partial charge on any atom is 0.140 e. The van der Waals surface area contributed by atoms with Crippen LogP contribution in [0.15, 0.2) is 6.07 Å². The minimum absolute atomic E-state index is 0.899. The molecule has 0 aliphatic carbocycles. The maximum atomic E-state index is 4.42. The molecule has 0 aliphatic heterocycles. The maximum absolute atomic E-state index is 4.42. The SMILES string of the molecule is CCNc1cc(C)nc(CSCC)n1. The van der Waals surface area contributed by atoms with Crippen molar-refractivity contribution in [2.24, 2.45) is 0 Å². The van der Waals surface area contributed by atoms with Crippen molar-refractivity contribution in [3.8, 4) is 0 Å². The molecule has 0 amide bonds. The van der Waals surface area contributed by atoms with Crippen LogP contribution in [0.1, 0.15) is 25.4 Å². The quantitative estimate of drug-likeness (QED) is 0.812. The number of aromatic nitrogens is 2. The molecule has 0 unspecified atom stereocenters. The summed E-state index contributed by atoms with van der Waals surface area (Å²) >= 11 is 1.84. The monoisotopic (exact) mass is 211 g/mol. The summed E-state index contributed by atoms with van der Waals surface area (Å²) in [4.78, 5) is 8.80. The van der Waals surface area contributed by atoms with Crippen molar-refractivity contribution in [3.05, 3.63) is 17.6 Å². The number of nitrogens with one attached hydrogen (secondary N) is 1. The lowest BCUT2D eigenvalue weighted by molar-refractivity contribution is 0.986. The third-order valence-corrected chi connectivity index (χ3v) is 2.56. The fraction of sp³-hybridized carbons (Fsp3) is 0.600. The summed E-state index contributed by atoms with van der Waals surface area (Å²) in [5.74, 6) is 3.87. The first-order valence-electron chi connectivity index (χ1n) is 4.92. The van der Waals surface area contributed by atoms with Crippen LogP contribution in [0.5, 0.6) is 0 Å². The van der Waals surface area contributed by atoms with Crippen molar-refractivity contribution >= 4 is 17.6 Å². The number of rotatable bonds is 5. The summed E-state index contributed by atoms with van der Waals surface area (Å²) < 4.78 is 0. The number of aryl methyl sites for hydroxylation is 1. The van der Waals surface area contributed by atoms with Crippen LogP contribution in [0.4, 0.5) is 5.82 Å². The van der Waals surface area contributed by atoms with Crippen LogP contribution < -0.4 is 5.32 Å². The van der Waals surface area contributed by atoms with Gasteiger partial charge in [-0.15, -0.1) is 0 Å². The fourth-order valence-electron chi connectivity index (χ4n) is 1.16. The molecule has 0 bridgehead atoms. The van der Waals surface area contributed by atoms with Gasteiger partial charge < -0.3 is 5.32 Å². The van der Waals surface area contributed by atoms with E-state index in [4.69, 9.17) is 0 Å². The first-order chi connectivity index (χ1) is 6.76. The van der Waals surface area contributed by atoms with Crippen LogP contribution >= 0.6 is 11.8 Å². The van der Waals surface area contributed by atoms with Gasteiger partial charge in [0.25, 0.3) is 0 Å². The number of anilines is 1. The molecule has 3 nitrogen and oxygen atoms in total. The Balaban J connectivity index is 2.73. The van der Waals surface area contributed by atoms with Gasteiger partial charge in [-0.3, -0.25) is 0 Å². The van der Waals surface area contributed by atoms with Crippen molar-refractivity contribution < 1.29 is 0 Å². The van der Waals surface area contributed by atoms with Crippen LogP contribution in [-0.2, 0) is 5.75 Å². The Morgan fingerprint density at radius 1 is 1.36 bits per heavy atom. The first kappa shape index (κ1) is 11.3. The minimum Gasteiger partial charge on any atom is -0.370 e. The van der Waals surface area contributed by atoms with Gasteiger partial charge in [0.05, 0.1) is 5.75 Å². The zero-order valence-corrected chi connectivity index (χ0v) is 9.82. The normalized spacial score (nSPS) is 10.2. The highest BCUT2D eigenvalue weighted by Gasteiger charge is 2.00. The van der Waals surface area contributed by atoms with Crippen molar-refractivity contribution in [1.82, 2.24) is 9.97 Å². The summed E-state index contributed by atoms with van der Waals surface area (Å²) in [5.41, 5.74) is 1.03. The Morgan fingerprint density at radius 2 is 2.14 bits per heavy atom. The van der Waals surface area contributed by atoms with Gasteiger partial charge in [-0.25, -0.2) is 9.97 Å². The number of nitrogens with zero attached hydrogens (tertiary/aromatic N) is 2. The van der Waals surface area contributed by atoms with E-state index in [1.54, 1.807) is 0 Å². The number of thioether (sulfide) groups is 1. The predicted octanol–water partition coefficient (Wildman–Crippen LogP) is 2.47. The molecule has 1 aromatic heterocycles. The lowest BCUT2D eigenvalue weighted by Gasteiger charge is -2.05. The second-order valence-electron chi connectivity index (χ2n) is 2.98. The molecule has 78 valence electrons. The molecule has 1 aromatic rings. The van der Waals surface area contributed by atoms with E-state index >= 15 is 0 Å². The summed E-state index contributed by atoms with van der Waals surface area (Å²) in [6.45, 7) is 7.11. The molecule has 1 heterocycles. The minimum atomic E-state index is 0.899. The highest BCUT2D eigenvalue weighted by molar-refractivity contribution is 7.98. The average Bonchev–Trinajstić information content (AvgIpc) is 2.14. The van der Waals surface area contributed by atoms with Gasteiger partial charge in [-0.2, -0.15) is 11.8 Å². The molecule has 0 aliphatic rings. The van der Waals surface area contributed by atoms with Crippen LogP contribution in [0.2, 0.25) is 0 Å². The molecule has 0 fully saturated rings. The van der Waals surface area contributed by atoms with Crippen LogP contribution in [0.25, 0.3) is 0 Å². The van der Waals surface area contributed by atoms with E-state index in [0.29, 0.717) is 0 Å². The van der Waals surface area contributed by atoms with Gasteiger partial charge in [-0.05, 0) is 19.6 Å². The second-order valence-corrected chi connectivity index (χ2v) is 4.25. The Kier molecular flexibility index (Phi) is 4.73.